The van der Waals surface area contributed by atoms with Gasteiger partial charge in [-0.05, 0) is 41.5 Å². The first-order chi connectivity index (χ1) is 20.9. The number of hydrogen-bond acceptors (Lipinski definition) is 7. The predicted octanol–water partition coefficient (Wildman–Crippen LogP) is 5.03. The molecule has 44 heavy (non-hydrogen) atoms. The molecule has 1 unspecified atom stereocenters. The number of nitrogen functional groups attached to an aromatic ring is 1. The van der Waals surface area contributed by atoms with Gasteiger partial charge in [-0.1, -0.05) is 60.7 Å². The highest BCUT2D eigenvalue weighted by molar-refractivity contribution is 5.96. The number of amides is 2. The van der Waals surface area contributed by atoms with Crippen molar-refractivity contribution in [1.82, 2.24) is 5.32 Å². The monoisotopic (exact) mass is 617 g/mol. The second kappa shape index (κ2) is 16.5. The summed E-state index contributed by atoms with van der Waals surface area (Å²) in [5.74, 6) is -0.0519. The molecule has 0 spiro atoms. The summed E-state index contributed by atoms with van der Waals surface area (Å²) in [4.78, 5) is 26.5. The van der Waals surface area contributed by atoms with Crippen LogP contribution in [0.2, 0.25) is 0 Å². The standard InChI is InChI=1S/C33H35N5O5.ClH/c1-41-21-30(39)38-27-18-29(43-20-23-11-7-4-8-12-23)28(42-2)17-26(27)31(33(40)36-19-22-9-5-3-6-10-22)37-25-15-13-24(14-16-25)32(34)35;/h3-18,31,37H,19-21H2,1-2H3,(H3,34,35)(H,36,40)(H,38,39);1H. The molecule has 230 valence electrons. The van der Waals surface area contributed by atoms with Gasteiger partial charge in [0.2, 0.25) is 11.8 Å². The lowest BCUT2D eigenvalue weighted by Crippen LogP contribution is -2.34. The van der Waals surface area contributed by atoms with Gasteiger partial charge in [0.25, 0.3) is 0 Å². The molecule has 2 amide bonds. The number of benzene rings is 4. The number of ether oxygens (including phenoxy) is 3. The summed E-state index contributed by atoms with van der Waals surface area (Å²) in [5.41, 5.74) is 9.43. The predicted molar refractivity (Wildman–Crippen MR) is 174 cm³/mol. The number of nitrogens with two attached hydrogens (primary N) is 1. The van der Waals surface area contributed by atoms with E-state index in [-0.39, 0.29) is 37.4 Å². The lowest BCUT2D eigenvalue weighted by Gasteiger charge is -2.24. The fraction of sp³-hybridized carbons (Fsp3) is 0.182. The number of rotatable bonds is 14. The molecule has 0 saturated carbocycles. The molecule has 11 heteroatoms. The zero-order chi connectivity index (χ0) is 30.6. The van der Waals surface area contributed by atoms with Crippen molar-refractivity contribution >= 4 is 41.4 Å². The zero-order valence-electron chi connectivity index (χ0n) is 24.5. The van der Waals surface area contributed by atoms with Crippen molar-refractivity contribution in [1.29, 1.82) is 5.41 Å². The van der Waals surface area contributed by atoms with E-state index in [2.05, 4.69) is 16.0 Å². The summed E-state index contributed by atoms with van der Waals surface area (Å²) in [7, 11) is 2.94. The maximum atomic E-state index is 13.8. The lowest BCUT2D eigenvalue weighted by molar-refractivity contribution is -0.122. The third-order valence-electron chi connectivity index (χ3n) is 6.51. The van der Waals surface area contributed by atoms with E-state index in [1.54, 1.807) is 36.4 Å². The smallest absolute Gasteiger partial charge is 0.250 e. The zero-order valence-corrected chi connectivity index (χ0v) is 25.3. The molecule has 0 saturated heterocycles. The largest absolute Gasteiger partial charge is 0.493 e. The number of halogens is 1. The Balaban J connectivity index is 0.00000529. The van der Waals surface area contributed by atoms with Gasteiger partial charge >= 0.3 is 0 Å². The minimum absolute atomic E-state index is 0. The molecule has 0 aliphatic rings. The van der Waals surface area contributed by atoms with Gasteiger partial charge in [0.05, 0.1) is 12.8 Å². The summed E-state index contributed by atoms with van der Waals surface area (Å²) >= 11 is 0. The maximum Gasteiger partial charge on any atom is 0.250 e. The molecule has 0 bridgehead atoms. The van der Waals surface area contributed by atoms with E-state index in [1.807, 2.05) is 60.7 Å². The van der Waals surface area contributed by atoms with Gasteiger partial charge in [0.15, 0.2) is 11.5 Å². The van der Waals surface area contributed by atoms with Crippen LogP contribution in [0.5, 0.6) is 11.5 Å². The third-order valence-corrected chi connectivity index (χ3v) is 6.51. The number of carbonyl (C=O) groups is 2. The van der Waals surface area contributed by atoms with E-state index in [0.717, 1.165) is 11.1 Å². The number of nitrogens with one attached hydrogen (secondary N) is 4. The van der Waals surface area contributed by atoms with Crippen LogP contribution in [0.25, 0.3) is 0 Å². The van der Waals surface area contributed by atoms with E-state index < -0.39 is 11.9 Å². The van der Waals surface area contributed by atoms with Crippen molar-refractivity contribution in [3.8, 4) is 11.5 Å². The molecule has 0 aromatic heterocycles. The Morgan fingerprint density at radius 1 is 0.864 bits per heavy atom. The van der Waals surface area contributed by atoms with Crippen LogP contribution in [-0.2, 0) is 27.5 Å². The Labute approximate surface area is 262 Å². The van der Waals surface area contributed by atoms with Gasteiger partial charge in [-0.15, -0.1) is 12.4 Å². The SMILES string of the molecule is COCC(=O)Nc1cc(OCc2ccccc2)c(OC)cc1C(Nc1ccc(C(=N)N)cc1)C(=O)NCc1ccccc1.Cl. The average molecular weight is 618 g/mol. The van der Waals surface area contributed by atoms with Crippen LogP contribution in [-0.4, -0.2) is 38.5 Å². The Morgan fingerprint density at radius 3 is 2.09 bits per heavy atom. The van der Waals surface area contributed by atoms with E-state index in [1.165, 1.54) is 14.2 Å². The summed E-state index contributed by atoms with van der Waals surface area (Å²) in [5, 5.41) is 16.8. The molecule has 0 heterocycles. The van der Waals surface area contributed by atoms with Gasteiger partial charge in [0, 0.05) is 36.5 Å². The second-order valence-electron chi connectivity index (χ2n) is 9.62. The molecule has 4 aromatic carbocycles. The van der Waals surface area contributed by atoms with Crippen molar-refractivity contribution in [3.63, 3.8) is 0 Å². The first-order valence-electron chi connectivity index (χ1n) is 13.6. The van der Waals surface area contributed by atoms with Gasteiger partial charge < -0.3 is 35.9 Å². The number of anilines is 2. The summed E-state index contributed by atoms with van der Waals surface area (Å²) in [6, 6.07) is 28.4. The molecule has 0 fully saturated rings. The fourth-order valence-electron chi connectivity index (χ4n) is 4.33. The number of amidine groups is 1. The number of carbonyl (C=O) groups excluding carboxylic acids is 2. The first-order valence-corrected chi connectivity index (χ1v) is 13.6. The minimum atomic E-state index is -0.971. The minimum Gasteiger partial charge on any atom is -0.493 e. The maximum absolute atomic E-state index is 13.8. The molecule has 10 nitrogen and oxygen atoms in total. The van der Waals surface area contributed by atoms with E-state index in [0.29, 0.717) is 40.5 Å². The van der Waals surface area contributed by atoms with E-state index in [4.69, 9.17) is 25.4 Å². The quantitative estimate of drug-likeness (QED) is 0.0984. The van der Waals surface area contributed by atoms with Gasteiger partial charge in [-0.2, -0.15) is 0 Å². The molecule has 0 radical (unpaired) electrons. The molecule has 4 rings (SSSR count). The lowest BCUT2D eigenvalue weighted by atomic mass is 10.0. The van der Waals surface area contributed by atoms with Crippen molar-refractivity contribution < 1.29 is 23.8 Å². The van der Waals surface area contributed by atoms with Crippen LogP contribution in [0.4, 0.5) is 11.4 Å². The van der Waals surface area contributed by atoms with Crippen LogP contribution in [0.15, 0.2) is 97.1 Å². The Morgan fingerprint density at radius 2 is 1.50 bits per heavy atom. The highest BCUT2D eigenvalue weighted by Crippen LogP contribution is 2.38. The first kappa shape index (κ1) is 33.4. The summed E-state index contributed by atoms with van der Waals surface area (Å²) in [6.45, 7) is 0.377. The average Bonchev–Trinajstić information content (AvgIpc) is 3.03. The van der Waals surface area contributed by atoms with Crippen LogP contribution in [0.1, 0.15) is 28.3 Å². The molecular formula is C33H36ClN5O5. The van der Waals surface area contributed by atoms with Gasteiger partial charge in [0.1, 0.15) is 25.1 Å². The normalized spacial score (nSPS) is 11.0. The summed E-state index contributed by atoms with van der Waals surface area (Å²) in [6.07, 6.45) is 0. The van der Waals surface area contributed by atoms with Crippen molar-refractivity contribution in [2.75, 3.05) is 31.5 Å². The highest BCUT2D eigenvalue weighted by atomic mass is 35.5. The van der Waals surface area contributed by atoms with Gasteiger partial charge in [-0.3, -0.25) is 15.0 Å². The molecule has 4 aromatic rings. The topological polar surface area (TPSA) is 148 Å². The second-order valence-corrected chi connectivity index (χ2v) is 9.62. The fourth-order valence-corrected chi connectivity index (χ4v) is 4.33. The molecular weight excluding hydrogens is 582 g/mol. The number of hydrogen-bond donors (Lipinski definition) is 5. The van der Waals surface area contributed by atoms with Crippen molar-refractivity contribution in [2.45, 2.75) is 19.2 Å². The molecule has 1 atom stereocenters. The Hall–Kier alpha value is -5.06. The third kappa shape index (κ3) is 9.22. The van der Waals surface area contributed by atoms with Gasteiger partial charge in [-0.25, -0.2) is 0 Å². The highest BCUT2D eigenvalue weighted by Gasteiger charge is 2.27. The molecule has 0 aliphatic carbocycles. The van der Waals surface area contributed by atoms with Crippen LogP contribution in [0, 0.1) is 5.41 Å². The summed E-state index contributed by atoms with van der Waals surface area (Å²) < 4.78 is 16.8. The van der Waals surface area contributed by atoms with Crippen molar-refractivity contribution in [3.05, 3.63) is 119 Å². The van der Waals surface area contributed by atoms with Crippen LogP contribution < -0.4 is 31.2 Å². The number of methoxy groups -OCH3 is 2. The Bertz CT molecular complexity index is 1540. The van der Waals surface area contributed by atoms with E-state index in [9.17, 15) is 9.59 Å². The van der Waals surface area contributed by atoms with Crippen LogP contribution >= 0.6 is 12.4 Å². The Kier molecular flexibility index (Phi) is 12.6. The van der Waals surface area contributed by atoms with Crippen molar-refractivity contribution in [2.24, 2.45) is 5.73 Å². The molecule has 0 aliphatic heterocycles. The van der Waals surface area contributed by atoms with E-state index >= 15 is 0 Å². The van der Waals surface area contributed by atoms with Crippen LogP contribution in [0.3, 0.4) is 0 Å². The molecule has 6 N–H and O–H groups in total.